The summed E-state index contributed by atoms with van der Waals surface area (Å²) in [5.74, 6) is -1.60. The van der Waals surface area contributed by atoms with Gasteiger partial charge in [0.05, 0.1) is 19.8 Å². The Balaban J connectivity index is 4.85. The van der Waals surface area contributed by atoms with Gasteiger partial charge in [-0.2, -0.15) is 0 Å². The van der Waals surface area contributed by atoms with E-state index in [1.54, 1.807) is 0 Å². The number of hydrogen-bond acceptors (Lipinski definition) is 10. The molecule has 0 heterocycles. The van der Waals surface area contributed by atoms with Crippen LogP contribution >= 0.6 is 7.82 Å². The maximum absolute atomic E-state index is 12.9. The molecule has 0 radical (unpaired) electrons. The van der Waals surface area contributed by atoms with Crippen molar-refractivity contribution in [1.82, 2.24) is 0 Å². The van der Waals surface area contributed by atoms with E-state index >= 15 is 0 Å². The Morgan fingerprint density at radius 2 is 0.689 bits per heavy atom. The van der Waals surface area contributed by atoms with E-state index in [1.807, 2.05) is 18.2 Å². The van der Waals surface area contributed by atoms with Crippen LogP contribution in [0.5, 0.6) is 0 Å². The maximum atomic E-state index is 12.9. The number of phosphoric acid groups is 1. The van der Waals surface area contributed by atoms with E-state index in [0.717, 1.165) is 141 Å². The molecule has 3 unspecified atom stereocenters. The van der Waals surface area contributed by atoms with Crippen molar-refractivity contribution < 1.29 is 52.2 Å². The highest BCUT2D eigenvalue weighted by molar-refractivity contribution is 7.47. The average Bonchev–Trinajstić information content (AvgIpc) is 3.39. The molecule has 0 bridgehead atoms. The summed E-state index contributed by atoms with van der Waals surface area (Å²) in [5, 5.41) is 9.78. The number of hydrogen-bond donors (Lipinski definition) is 2. The van der Waals surface area contributed by atoms with Gasteiger partial charge in [0.1, 0.15) is 12.7 Å². The molecule has 0 saturated heterocycles. The molecular weight excluding hydrogens is 952 g/mol. The van der Waals surface area contributed by atoms with Gasteiger partial charge in [-0.3, -0.25) is 23.4 Å². The van der Waals surface area contributed by atoms with Gasteiger partial charge < -0.3 is 24.2 Å². The van der Waals surface area contributed by atoms with Crippen molar-refractivity contribution in [3.63, 3.8) is 0 Å². The zero-order valence-electron chi connectivity index (χ0n) is 46.0. The largest absolute Gasteiger partial charge is 0.472 e. The number of unbranched alkanes of at least 4 members (excludes halogenated alkanes) is 11. The molecule has 0 aliphatic carbocycles. The highest BCUT2D eigenvalue weighted by Gasteiger charge is 2.28. The third-order valence-corrected chi connectivity index (χ3v) is 12.0. The molecule has 0 aromatic heterocycles. The summed E-state index contributed by atoms with van der Waals surface area (Å²) in [4.78, 5) is 48.5. The van der Waals surface area contributed by atoms with Gasteiger partial charge in [0.25, 0.3) is 0 Å². The monoisotopic (exact) mass is 1050 g/mol. The molecule has 0 saturated carbocycles. The summed E-state index contributed by atoms with van der Waals surface area (Å²) in [5.41, 5.74) is 0. The molecule has 0 spiro atoms. The summed E-state index contributed by atoms with van der Waals surface area (Å²) in [7, 11) is -4.78. The van der Waals surface area contributed by atoms with Crippen LogP contribution in [0.25, 0.3) is 0 Å². The normalized spacial score (nSPS) is 14.4. The van der Waals surface area contributed by atoms with Crippen molar-refractivity contribution in [3.8, 4) is 0 Å². The lowest BCUT2D eigenvalue weighted by atomic mass is 10.1. The van der Waals surface area contributed by atoms with Gasteiger partial charge in [-0.1, -0.05) is 199 Å². The number of phosphoric ester groups is 1. The van der Waals surface area contributed by atoms with Crippen LogP contribution in [-0.4, -0.2) is 66.5 Å². The van der Waals surface area contributed by atoms with E-state index in [1.165, 1.54) is 0 Å². The summed E-state index contributed by atoms with van der Waals surface area (Å²) in [6, 6.07) is 0. The average molecular weight is 1050 g/mol. The van der Waals surface area contributed by atoms with Crippen molar-refractivity contribution in [2.45, 2.75) is 213 Å². The van der Waals surface area contributed by atoms with Gasteiger partial charge in [0.15, 0.2) is 6.10 Å². The van der Waals surface area contributed by atoms with Crippen LogP contribution in [0.15, 0.2) is 134 Å². The first-order chi connectivity index (χ1) is 36.2. The fourth-order valence-corrected chi connectivity index (χ4v) is 7.69. The molecule has 0 amide bonds. The number of carbonyl (C=O) groups is 3. The molecule has 3 atom stereocenters. The Morgan fingerprint density at radius 1 is 0.378 bits per heavy atom. The highest BCUT2D eigenvalue weighted by Crippen LogP contribution is 2.43. The minimum absolute atomic E-state index is 0.0469. The minimum atomic E-state index is -4.78. The van der Waals surface area contributed by atoms with Crippen LogP contribution in [0.1, 0.15) is 201 Å². The highest BCUT2D eigenvalue weighted by atomic mass is 31.2. The second-order valence-electron chi connectivity index (χ2n) is 18.0. The van der Waals surface area contributed by atoms with Gasteiger partial charge in [-0.25, -0.2) is 4.57 Å². The summed E-state index contributed by atoms with van der Waals surface area (Å²) < 4.78 is 39.4. The Kier molecular flexibility index (Phi) is 51.6. The van der Waals surface area contributed by atoms with Gasteiger partial charge in [-0.05, 0) is 116 Å². The predicted octanol–water partition coefficient (Wildman–Crippen LogP) is 16.6. The quantitative estimate of drug-likeness (QED) is 0.0197. The molecule has 418 valence electrons. The first-order valence-electron chi connectivity index (χ1n) is 28.1. The van der Waals surface area contributed by atoms with Crippen molar-refractivity contribution in [2.75, 3.05) is 26.4 Å². The van der Waals surface area contributed by atoms with Gasteiger partial charge in [0.2, 0.25) is 0 Å². The van der Waals surface area contributed by atoms with Crippen LogP contribution in [0.2, 0.25) is 0 Å². The van der Waals surface area contributed by atoms with Crippen molar-refractivity contribution in [2.24, 2.45) is 0 Å². The molecule has 0 aromatic carbocycles. The second-order valence-corrected chi connectivity index (χ2v) is 19.4. The van der Waals surface area contributed by atoms with E-state index in [0.29, 0.717) is 19.3 Å². The van der Waals surface area contributed by atoms with Gasteiger partial charge >= 0.3 is 25.7 Å². The number of esters is 3. The summed E-state index contributed by atoms with van der Waals surface area (Å²) >= 11 is 0. The molecule has 74 heavy (non-hydrogen) atoms. The fourth-order valence-electron chi connectivity index (χ4n) is 6.90. The van der Waals surface area contributed by atoms with E-state index in [2.05, 4.69) is 136 Å². The number of rotatable bonds is 50. The van der Waals surface area contributed by atoms with Crippen LogP contribution in [0.3, 0.4) is 0 Å². The van der Waals surface area contributed by atoms with Crippen molar-refractivity contribution in [3.05, 3.63) is 134 Å². The molecule has 0 rings (SSSR count). The Bertz CT molecular complexity index is 1750. The molecule has 0 aromatic rings. The number of carbonyl (C=O) groups excluding carboxylic acids is 3. The summed E-state index contributed by atoms with van der Waals surface area (Å²) in [6.45, 7) is 4.16. The second kappa shape index (κ2) is 54.9. The molecule has 0 fully saturated rings. The topological polar surface area (TPSA) is 155 Å². The zero-order valence-corrected chi connectivity index (χ0v) is 46.9. The Labute approximate surface area is 449 Å². The van der Waals surface area contributed by atoms with Crippen LogP contribution in [-0.2, 0) is 42.2 Å². The Hall–Kier alpha value is -4.38. The standard InChI is InChI=1S/C62H99O11P/c1-4-7-10-13-16-19-22-25-27-28-29-30-32-34-36-39-42-45-48-51-60(64)69-55-59(73-62(66)53-50-47-44-41-38-35-31-26-23-20-17-14-11-8-5-2)57-71-74(67,68)70-56-58(54-63)72-61(65)52-49-46-43-40-37-33-24-21-18-15-12-9-6-3/h7-12,16-21,25-27,29-31,33,37,43,46,58-59,63H,4-6,13-15,22-24,28,32,34-36,38-42,44-45,47-57H2,1-3H3,(H,67,68)/b10-7-,11-8-,12-9-,19-16-,20-17-,21-18-,27-25-,30-29-,31-26-,37-33-,46-43-. The third kappa shape index (κ3) is 52.5. The lowest BCUT2D eigenvalue weighted by Crippen LogP contribution is -2.30. The number of ether oxygens (including phenoxy) is 3. The zero-order chi connectivity index (χ0) is 54.1. The van der Waals surface area contributed by atoms with Crippen molar-refractivity contribution in [1.29, 1.82) is 0 Å². The van der Waals surface area contributed by atoms with Gasteiger partial charge in [0, 0.05) is 19.3 Å². The maximum Gasteiger partial charge on any atom is 0.472 e. The molecular formula is C62H99O11P. The van der Waals surface area contributed by atoms with E-state index in [9.17, 15) is 28.9 Å². The fraction of sp³-hybridized carbons (Fsp3) is 0.597. The predicted molar refractivity (Wildman–Crippen MR) is 306 cm³/mol. The molecule has 12 heteroatoms. The molecule has 2 N–H and O–H groups in total. The van der Waals surface area contributed by atoms with E-state index in [4.69, 9.17) is 23.3 Å². The Morgan fingerprint density at radius 3 is 1.09 bits per heavy atom. The lowest BCUT2D eigenvalue weighted by Gasteiger charge is -2.21. The SMILES string of the molecule is CC/C=C\C/C=C\C/C=C\C/C=C\CCCCCCCCC(=O)OCC(COP(=O)(O)OCC(CO)OC(=O)CC/C=C\C/C=C\C/C=C\C/C=C\CC)OC(=O)CCCCCCC/C=C\C/C=C\C/C=C\CC. The first kappa shape index (κ1) is 69.6. The summed E-state index contributed by atoms with van der Waals surface area (Å²) in [6.07, 6.45) is 68.6. The number of aliphatic hydroxyl groups is 1. The molecule has 11 nitrogen and oxygen atoms in total. The molecule has 0 aliphatic rings. The van der Waals surface area contributed by atoms with E-state index < -0.39 is 57.8 Å². The molecule has 0 aliphatic heterocycles. The smallest absolute Gasteiger partial charge is 0.462 e. The first-order valence-corrected chi connectivity index (χ1v) is 29.6. The third-order valence-electron chi connectivity index (χ3n) is 11.1. The lowest BCUT2D eigenvalue weighted by molar-refractivity contribution is -0.161. The van der Waals surface area contributed by atoms with Gasteiger partial charge in [-0.15, -0.1) is 0 Å². The number of aliphatic hydroxyl groups excluding tert-OH is 1. The number of allylic oxidation sites excluding steroid dienone is 22. The van der Waals surface area contributed by atoms with E-state index in [-0.39, 0.29) is 25.9 Å². The minimum Gasteiger partial charge on any atom is -0.462 e. The van der Waals surface area contributed by atoms with Crippen LogP contribution in [0, 0.1) is 0 Å². The van der Waals surface area contributed by atoms with Crippen molar-refractivity contribution >= 4 is 25.7 Å². The van der Waals surface area contributed by atoms with Crippen LogP contribution < -0.4 is 0 Å². The van der Waals surface area contributed by atoms with Crippen LogP contribution in [0.4, 0.5) is 0 Å².